The van der Waals surface area contributed by atoms with Gasteiger partial charge in [-0.05, 0) is 5.30 Å². The van der Waals surface area contributed by atoms with Gasteiger partial charge < -0.3 is 24.8 Å². The van der Waals surface area contributed by atoms with E-state index in [1.807, 2.05) is 12.2 Å². The van der Waals surface area contributed by atoms with E-state index in [2.05, 4.69) is 79.7 Å². The molecular formula is C21H19Cl2HfP. The van der Waals surface area contributed by atoms with Crippen LogP contribution in [-0.4, -0.2) is 0 Å². The molecule has 1 aliphatic rings. The third kappa shape index (κ3) is 6.91. The number of hydrogen-bond acceptors (Lipinski definition) is 0. The number of hydrogen-bond donors (Lipinski definition) is 0. The predicted molar refractivity (Wildman–Crippen MR) is 99.9 cm³/mol. The smallest absolute Gasteiger partial charge is 1.00 e. The molecule has 3 aromatic carbocycles. The van der Waals surface area contributed by atoms with Crippen molar-refractivity contribution >= 4 is 30.0 Å². The Bertz CT molecular complexity index is 797. The molecule has 0 bridgehead atoms. The molecule has 1 unspecified atom stereocenters. The Kier molecular flexibility index (Phi) is 12.4. The van der Waals surface area contributed by atoms with Gasteiger partial charge in [0, 0.05) is 0 Å². The zero-order valence-corrected chi connectivity index (χ0v) is 20.1. The van der Waals surface area contributed by atoms with E-state index in [1.165, 1.54) is 26.9 Å². The molecule has 0 fully saturated rings. The molecule has 0 aliphatic heterocycles. The second-order valence-corrected chi connectivity index (χ2v) is 6.61. The third-order valence-electron chi connectivity index (χ3n) is 3.63. The van der Waals surface area contributed by atoms with Crippen LogP contribution in [0.1, 0.15) is 12.0 Å². The second kappa shape index (κ2) is 12.7. The van der Waals surface area contributed by atoms with Gasteiger partial charge in [0.25, 0.3) is 0 Å². The van der Waals surface area contributed by atoms with Crippen molar-refractivity contribution in [3.05, 3.63) is 90.5 Å². The van der Waals surface area contributed by atoms with E-state index >= 15 is 0 Å². The monoisotopic (exact) mass is 552 g/mol. The fourth-order valence-electron chi connectivity index (χ4n) is 2.54. The van der Waals surface area contributed by atoms with E-state index in [9.17, 15) is 0 Å². The van der Waals surface area contributed by atoms with Gasteiger partial charge in [-0.3, -0.25) is 6.08 Å². The van der Waals surface area contributed by atoms with E-state index in [0.29, 0.717) is 0 Å². The number of fused-ring (bicyclic) bond motifs is 1. The van der Waals surface area contributed by atoms with Crippen molar-refractivity contribution in [1.82, 2.24) is 0 Å². The molecule has 0 nitrogen and oxygen atoms in total. The predicted octanol–water partition coefficient (Wildman–Crippen LogP) is -1.19. The van der Waals surface area contributed by atoms with Crippen LogP contribution < -0.4 is 35.4 Å². The van der Waals surface area contributed by atoms with Gasteiger partial charge in [0.2, 0.25) is 0 Å². The van der Waals surface area contributed by atoms with Crippen molar-refractivity contribution in [1.29, 1.82) is 0 Å². The van der Waals surface area contributed by atoms with E-state index in [-0.39, 0.29) is 50.7 Å². The summed E-state index contributed by atoms with van der Waals surface area (Å²) >= 11 is 0. The van der Waals surface area contributed by atoms with Crippen LogP contribution in [0, 0.1) is 13.0 Å². The Morgan fingerprint density at radius 2 is 1.64 bits per heavy atom. The fraction of sp³-hybridized carbons (Fsp3) is 0.0952. The molecule has 0 saturated carbocycles. The van der Waals surface area contributed by atoms with Crippen molar-refractivity contribution in [3.8, 4) is 0 Å². The summed E-state index contributed by atoms with van der Waals surface area (Å²) < 4.78 is 0. The van der Waals surface area contributed by atoms with Crippen LogP contribution in [0.15, 0.2) is 78.9 Å². The molecule has 0 N–H and O–H groups in total. The van der Waals surface area contributed by atoms with Crippen molar-refractivity contribution in [2.45, 2.75) is 13.3 Å². The first-order valence-corrected chi connectivity index (χ1v) is 8.53. The minimum absolute atomic E-state index is 0. The van der Waals surface area contributed by atoms with Gasteiger partial charge in [0.05, 0.1) is 0 Å². The number of halogens is 2. The van der Waals surface area contributed by atoms with Gasteiger partial charge in [0.15, 0.2) is 0 Å². The summed E-state index contributed by atoms with van der Waals surface area (Å²) in [6.45, 7) is 2.21. The van der Waals surface area contributed by atoms with Gasteiger partial charge in [-0.15, -0.1) is 60.9 Å². The third-order valence-corrected chi connectivity index (χ3v) is 5.16. The van der Waals surface area contributed by atoms with Gasteiger partial charge in [-0.25, -0.2) is 12.2 Å². The average Bonchev–Trinajstić information content (AvgIpc) is 3.22. The van der Waals surface area contributed by atoms with Crippen molar-refractivity contribution in [3.63, 3.8) is 0 Å². The van der Waals surface area contributed by atoms with Crippen LogP contribution in [0.25, 0.3) is 10.8 Å². The molecule has 0 spiro atoms. The quantitative estimate of drug-likeness (QED) is 0.214. The molecule has 4 rings (SSSR count). The van der Waals surface area contributed by atoms with Gasteiger partial charge in [0.1, 0.15) is 0 Å². The summed E-state index contributed by atoms with van der Waals surface area (Å²) in [7, 11) is 0.754. The minimum Gasteiger partial charge on any atom is -1.00 e. The van der Waals surface area contributed by atoms with E-state index in [0.717, 1.165) is 15.0 Å². The SMILES string of the molecule is Cc1[cH-]c2ccccc2c1Pc1ccccc1.[C-]1=CC=CC1.[Cl-].[Cl-].[Hf+4]. The van der Waals surface area contributed by atoms with Crippen LogP contribution in [0.3, 0.4) is 0 Å². The van der Waals surface area contributed by atoms with Gasteiger partial charge >= 0.3 is 25.8 Å². The Balaban J connectivity index is 0.000000630. The summed E-state index contributed by atoms with van der Waals surface area (Å²) in [5.41, 5.74) is 1.41. The van der Waals surface area contributed by atoms with Crippen LogP contribution in [0.5, 0.6) is 0 Å². The van der Waals surface area contributed by atoms with Crippen LogP contribution in [0.4, 0.5) is 0 Å². The van der Waals surface area contributed by atoms with Gasteiger partial charge in [-0.2, -0.15) is 6.08 Å². The normalized spacial score (nSPS) is 11.4. The van der Waals surface area contributed by atoms with E-state index < -0.39 is 0 Å². The number of benzene rings is 2. The summed E-state index contributed by atoms with van der Waals surface area (Å²) in [4.78, 5) is 0. The maximum absolute atomic E-state index is 2.99. The molecule has 126 valence electrons. The van der Waals surface area contributed by atoms with Crippen molar-refractivity contribution in [2.24, 2.45) is 0 Å². The second-order valence-electron chi connectivity index (χ2n) is 5.28. The number of rotatable bonds is 2. The first kappa shape index (κ1) is 24.4. The number of allylic oxidation sites excluding steroid dienone is 4. The fourth-order valence-corrected chi connectivity index (χ4v) is 3.82. The van der Waals surface area contributed by atoms with Crippen LogP contribution >= 0.6 is 8.58 Å². The minimum atomic E-state index is 0. The zero-order valence-electron chi connectivity index (χ0n) is 14.0. The average molecular weight is 552 g/mol. The topological polar surface area (TPSA) is 0 Å². The molecule has 4 heteroatoms. The molecule has 0 radical (unpaired) electrons. The van der Waals surface area contributed by atoms with E-state index in [4.69, 9.17) is 0 Å². The zero-order chi connectivity index (χ0) is 15.2. The van der Waals surface area contributed by atoms with Crippen molar-refractivity contribution < 1.29 is 50.7 Å². The molecule has 1 aliphatic carbocycles. The molecule has 0 aromatic heterocycles. The van der Waals surface area contributed by atoms with Gasteiger partial charge in [-0.1, -0.05) is 43.3 Å². The standard InChI is InChI=1S/C16H14P.C5H5.2ClH.Hf/c1-12-11-13-7-5-6-10-15(13)16(12)17-14-8-3-2-4-9-14;1-2-4-5-3-1;;;/h2-11,17H,1H3;1-3H,4H2;2*1H;/q2*-1;;;+4/p-2. The maximum Gasteiger partial charge on any atom is 4.00 e. The summed E-state index contributed by atoms with van der Waals surface area (Å²) in [6, 6.07) is 21.7. The first-order chi connectivity index (χ1) is 10.8. The van der Waals surface area contributed by atoms with E-state index in [1.54, 1.807) is 0 Å². The van der Waals surface area contributed by atoms with Crippen molar-refractivity contribution in [2.75, 3.05) is 0 Å². The largest absolute Gasteiger partial charge is 4.00 e. The molecule has 1 atom stereocenters. The van der Waals surface area contributed by atoms with Crippen LogP contribution in [0.2, 0.25) is 0 Å². The Labute approximate surface area is 183 Å². The molecule has 0 amide bonds. The molecule has 0 saturated heterocycles. The summed E-state index contributed by atoms with van der Waals surface area (Å²) in [6.07, 6.45) is 10.0. The first-order valence-electron chi connectivity index (χ1n) is 7.53. The summed E-state index contributed by atoms with van der Waals surface area (Å²) in [5, 5.41) is 5.68. The molecular weight excluding hydrogens is 533 g/mol. The molecule has 3 aromatic rings. The van der Waals surface area contributed by atoms with Crippen LogP contribution in [-0.2, 0) is 25.8 Å². The number of aryl methyl sites for hydroxylation is 1. The molecule has 25 heavy (non-hydrogen) atoms. The Morgan fingerprint density at radius 3 is 2.24 bits per heavy atom. The Hall–Kier alpha value is -0.590. The Morgan fingerprint density at radius 1 is 0.960 bits per heavy atom. The summed E-state index contributed by atoms with van der Waals surface area (Å²) in [5.74, 6) is 0. The maximum atomic E-state index is 2.99. The molecule has 0 heterocycles.